The van der Waals surface area contributed by atoms with Gasteiger partial charge in [-0.2, -0.15) is 0 Å². The highest BCUT2D eigenvalue weighted by Crippen LogP contribution is 2.22. The highest BCUT2D eigenvalue weighted by molar-refractivity contribution is 5.90. The maximum absolute atomic E-state index is 13.0. The third kappa shape index (κ3) is 3.12. The number of aromatic carboxylic acids is 1. The summed E-state index contributed by atoms with van der Waals surface area (Å²) >= 11 is 0. The average molecular weight is 278 g/mol. The summed E-state index contributed by atoms with van der Waals surface area (Å²) in [4.78, 5) is 11.0. The number of halogens is 2. The average Bonchev–Trinajstić information content (AvgIpc) is 2.38. The van der Waals surface area contributed by atoms with Gasteiger partial charge in [-0.3, -0.25) is 0 Å². The van der Waals surface area contributed by atoms with Crippen LogP contribution in [-0.2, 0) is 6.61 Å². The fourth-order valence-corrected chi connectivity index (χ4v) is 1.77. The van der Waals surface area contributed by atoms with Crippen LogP contribution in [0.25, 0.3) is 0 Å². The lowest BCUT2D eigenvalue weighted by atomic mass is 10.1. The van der Waals surface area contributed by atoms with Gasteiger partial charge < -0.3 is 9.84 Å². The van der Waals surface area contributed by atoms with Crippen LogP contribution >= 0.6 is 0 Å². The zero-order valence-electron chi connectivity index (χ0n) is 10.7. The normalized spacial score (nSPS) is 10.3. The van der Waals surface area contributed by atoms with E-state index in [1.54, 1.807) is 13.0 Å². The van der Waals surface area contributed by atoms with Crippen molar-refractivity contribution in [3.05, 3.63) is 64.7 Å². The quantitative estimate of drug-likeness (QED) is 0.930. The predicted molar refractivity (Wildman–Crippen MR) is 68.8 cm³/mol. The zero-order valence-corrected chi connectivity index (χ0v) is 10.7. The molecule has 2 rings (SSSR count). The minimum atomic E-state index is -1.27. The van der Waals surface area contributed by atoms with Gasteiger partial charge in [0, 0.05) is 0 Å². The summed E-state index contributed by atoms with van der Waals surface area (Å²) in [6.07, 6.45) is 0. The smallest absolute Gasteiger partial charge is 0.339 e. The number of rotatable bonds is 4. The standard InChI is InChI=1S/C15H12F2O3/c1-9-6-11(16)3-2-10(9)8-20-14-5-4-12(17)7-13(14)15(18)19/h2-7H,8H2,1H3,(H,18,19). The Morgan fingerprint density at radius 2 is 1.80 bits per heavy atom. The molecule has 0 fully saturated rings. The summed E-state index contributed by atoms with van der Waals surface area (Å²) < 4.78 is 31.4. The van der Waals surface area contributed by atoms with Crippen molar-refractivity contribution < 1.29 is 23.4 Å². The number of hydrogen-bond donors (Lipinski definition) is 1. The third-order valence-corrected chi connectivity index (χ3v) is 2.86. The van der Waals surface area contributed by atoms with Gasteiger partial charge in [-0.05, 0) is 48.4 Å². The Hall–Kier alpha value is -2.43. The molecule has 0 atom stereocenters. The highest BCUT2D eigenvalue weighted by atomic mass is 19.1. The van der Waals surface area contributed by atoms with Gasteiger partial charge in [-0.25, -0.2) is 13.6 Å². The Bertz CT molecular complexity index is 654. The number of carboxylic acid groups (broad SMARTS) is 1. The van der Waals surface area contributed by atoms with E-state index in [1.807, 2.05) is 0 Å². The second kappa shape index (κ2) is 5.69. The third-order valence-electron chi connectivity index (χ3n) is 2.86. The maximum Gasteiger partial charge on any atom is 0.339 e. The van der Waals surface area contributed by atoms with Crippen LogP contribution in [0.5, 0.6) is 5.75 Å². The molecule has 0 heterocycles. The lowest BCUT2D eigenvalue weighted by Crippen LogP contribution is -2.05. The second-order valence-corrected chi connectivity index (χ2v) is 4.31. The molecule has 5 heteroatoms. The molecule has 0 saturated carbocycles. The van der Waals surface area contributed by atoms with E-state index < -0.39 is 11.8 Å². The number of hydrogen-bond acceptors (Lipinski definition) is 2. The van der Waals surface area contributed by atoms with E-state index in [0.717, 1.165) is 17.7 Å². The zero-order chi connectivity index (χ0) is 14.7. The molecule has 0 aromatic heterocycles. The van der Waals surface area contributed by atoms with E-state index in [-0.39, 0.29) is 23.7 Å². The molecule has 0 spiro atoms. The molecule has 2 aromatic rings. The Morgan fingerprint density at radius 1 is 1.15 bits per heavy atom. The molecule has 20 heavy (non-hydrogen) atoms. The van der Waals surface area contributed by atoms with Gasteiger partial charge in [0.2, 0.25) is 0 Å². The summed E-state index contributed by atoms with van der Waals surface area (Å²) in [6, 6.07) is 7.51. The topological polar surface area (TPSA) is 46.5 Å². The first kappa shape index (κ1) is 14.0. The van der Waals surface area contributed by atoms with E-state index in [1.165, 1.54) is 18.2 Å². The molecular formula is C15H12F2O3. The summed E-state index contributed by atoms with van der Waals surface area (Å²) in [5.41, 5.74) is 1.18. The first-order valence-corrected chi connectivity index (χ1v) is 5.88. The molecule has 0 aliphatic rings. The van der Waals surface area contributed by atoms with Crippen molar-refractivity contribution in [3.63, 3.8) is 0 Å². The predicted octanol–water partition coefficient (Wildman–Crippen LogP) is 3.55. The minimum Gasteiger partial charge on any atom is -0.488 e. The van der Waals surface area contributed by atoms with Crippen molar-refractivity contribution in [2.75, 3.05) is 0 Å². The van der Waals surface area contributed by atoms with Crippen molar-refractivity contribution >= 4 is 5.97 Å². The van der Waals surface area contributed by atoms with Gasteiger partial charge in [0.1, 0.15) is 29.6 Å². The molecule has 2 aromatic carbocycles. The molecule has 3 nitrogen and oxygen atoms in total. The molecule has 0 radical (unpaired) electrons. The van der Waals surface area contributed by atoms with E-state index in [2.05, 4.69) is 0 Å². The fourth-order valence-electron chi connectivity index (χ4n) is 1.77. The molecule has 0 aliphatic heterocycles. The molecule has 0 aliphatic carbocycles. The summed E-state index contributed by atoms with van der Waals surface area (Å²) in [7, 11) is 0. The SMILES string of the molecule is Cc1cc(F)ccc1COc1ccc(F)cc1C(=O)O. The van der Waals surface area contributed by atoms with Gasteiger partial charge in [0.25, 0.3) is 0 Å². The van der Waals surface area contributed by atoms with Gasteiger partial charge in [0.15, 0.2) is 0 Å². The van der Waals surface area contributed by atoms with Crippen LogP contribution < -0.4 is 4.74 Å². The Kier molecular flexibility index (Phi) is 3.98. The second-order valence-electron chi connectivity index (χ2n) is 4.31. The first-order valence-electron chi connectivity index (χ1n) is 5.88. The molecule has 104 valence electrons. The minimum absolute atomic E-state index is 0.0719. The van der Waals surface area contributed by atoms with Gasteiger partial charge >= 0.3 is 5.97 Å². The van der Waals surface area contributed by atoms with Crippen molar-refractivity contribution in [3.8, 4) is 5.75 Å². The van der Waals surface area contributed by atoms with Gasteiger partial charge in [0.05, 0.1) is 0 Å². The van der Waals surface area contributed by atoms with Crippen molar-refractivity contribution in [1.29, 1.82) is 0 Å². The van der Waals surface area contributed by atoms with Crippen LogP contribution in [0.15, 0.2) is 36.4 Å². The van der Waals surface area contributed by atoms with E-state index >= 15 is 0 Å². The van der Waals surface area contributed by atoms with Crippen LogP contribution in [0.3, 0.4) is 0 Å². The Balaban J connectivity index is 2.20. The van der Waals surface area contributed by atoms with E-state index in [0.29, 0.717) is 5.56 Å². The Morgan fingerprint density at radius 3 is 2.45 bits per heavy atom. The van der Waals surface area contributed by atoms with E-state index in [4.69, 9.17) is 9.84 Å². The number of carboxylic acids is 1. The van der Waals surface area contributed by atoms with Crippen molar-refractivity contribution in [1.82, 2.24) is 0 Å². The van der Waals surface area contributed by atoms with Gasteiger partial charge in [-0.15, -0.1) is 0 Å². The largest absolute Gasteiger partial charge is 0.488 e. The molecule has 1 N–H and O–H groups in total. The van der Waals surface area contributed by atoms with Crippen LogP contribution in [-0.4, -0.2) is 11.1 Å². The van der Waals surface area contributed by atoms with Crippen LogP contribution in [0, 0.1) is 18.6 Å². The maximum atomic E-state index is 13.0. The van der Waals surface area contributed by atoms with Crippen LogP contribution in [0.2, 0.25) is 0 Å². The van der Waals surface area contributed by atoms with Crippen molar-refractivity contribution in [2.24, 2.45) is 0 Å². The molecule has 0 unspecified atom stereocenters. The van der Waals surface area contributed by atoms with Crippen molar-refractivity contribution in [2.45, 2.75) is 13.5 Å². The number of carbonyl (C=O) groups is 1. The molecular weight excluding hydrogens is 266 g/mol. The molecule has 0 saturated heterocycles. The van der Waals surface area contributed by atoms with Crippen LogP contribution in [0.1, 0.15) is 21.5 Å². The number of aryl methyl sites for hydroxylation is 1. The lowest BCUT2D eigenvalue weighted by Gasteiger charge is -2.11. The summed E-state index contributed by atoms with van der Waals surface area (Å²) in [5.74, 6) is -2.19. The van der Waals surface area contributed by atoms with Crippen LogP contribution in [0.4, 0.5) is 8.78 Å². The summed E-state index contributed by atoms with van der Waals surface area (Å²) in [6.45, 7) is 1.81. The Labute approximate surface area is 114 Å². The number of ether oxygens (including phenoxy) is 1. The van der Waals surface area contributed by atoms with Gasteiger partial charge in [-0.1, -0.05) is 6.07 Å². The van der Waals surface area contributed by atoms with E-state index in [9.17, 15) is 13.6 Å². The fraction of sp³-hybridized carbons (Fsp3) is 0.133. The number of benzene rings is 2. The lowest BCUT2D eigenvalue weighted by molar-refractivity contribution is 0.0691. The molecule has 0 amide bonds. The first-order chi connectivity index (χ1) is 9.47. The molecule has 0 bridgehead atoms. The monoisotopic (exact) mass is 278 g/mol. The highest BCUT2D eigenvalue weighted by Gasteiger charge is 2.13. The summed E-state index contributed by atoms with van der Waals surface area (Å²) in [5, 5.41) is 8.98.